The fraction of sp³-hybridized carbons (Fsp3) is 0.0400. The second kappa shape index (κ2) is 7.15. The predicted molar refractivity (Wildman–Crippen MR) is 115 cm³/mol. The van der Waals surface area contributed by atoms with E-state index in [9.17, 15) is 14.4 Å². The molecule has 4 aromatic rings. The Morgan fingerprint density at radius 3 is 2.35 bits per heavy atom. The van der Waals surface area contributed by atoms with Crippen molar-refractivity contribution in [3.8, 4) is 17.5 Å². The summed E-state index contributed by atoms with van der Waals surface area (Å²) in [6, 6.07) is 24.4. The predicted octanol–water partition coefficient (Wildman–Crippen LogP) is 4.35. The largest absolute Gasteiger partial charge is 0.439 e. The summed E-state index contributed by atoms with van der Waals surface area (Å²) in [7, 11) is 0. The number of rotatable bonds is 2. The maximum atomic E-state index is 13.9. The van der Waals surface area contributed by atoms with Crippen molar-refractivity contribution in [2.75, 3.05) is 0 Å². The molecule has 0 bridgehead atoms. The summed E-state index contributed by atoms with van der Waals surface area (Å²) in [5.74, 6) is -0.932. The summed E-state index contributed by atoms with van der Waals surface area (Å²) in [6.07, 6.45) is 0. The van der Waals surface area contributed by atoms with Gasteiger partial charge in [0.15, 0.2) is 0 Å². The number of ether oxygens (including phenoxy) is 1. The van der Waals surface area contributed by atoms with Crippen molar-refractivity contribution in [2.24, 2.45) is 5.73 Å². The molecule has 1 aliphatic heterocycles. The molecular weight excluding hydrogens is 393 g/mol. The number of para-hydroxylation sites is 2. The lowest BCUT2D eigenvalue weighted by Crippen LogP contribution is -2.31. The molecule has 5 nitrogen and oxygen atoms in total. The summed E-state index contributed by atoms with van der Waals surface area (Å²) in [4.78, 5) is 13.9. The first-order chi connectivity index (χ1) is 15.1. The van der Waals surface area contributed by atoms with E-state index < -0.39 is 11.7 Å². The van der Waals surface area contributed by atoms with Crippen molar-refractivity contribution in [1.82, 2.24) is 4.57 Å². The highest BCUT2D eigenvalue weighted by molar-refractivity contribution is 5.89. The van der Waals surface area contributed by atoms with E-state index in [4.69, 9.17) is 10.5 Å². The lowest BCUT2D eigenvalue weighted by molar-refractivity contribution is 0.396. The number of halogens is 1. The third kappa shape index (κ3) is 2.87. The fourth-order valence-corrected chi connectivity index (χ4v) is 4.09. The van der Waals surface area contributed by atoms with E-state index in [1.165, 1.54) is 12.1 Å². The van der Waals surface area contributed by atoms with Gasteiger partial charge in [0.1, 0.15) is 23.2 Å². The van der Waals surface area contributed by atoms with Crippen LogP contribution in [0.25, 0.3) is 16.6 Å². The normalized spacial score (nSPS) is 15.3. The van der Waals surface area contributed by atoms with Gasteiger partial charge in [-0.25, -0.2) is 4.39 Å². The SMILES string of the molecule is N#CC1=C(N)Oc2c(c(=O)n(-c3ccccc3)c3ccccc23)C1c1ccc(F)cc1. The van der Waals surface area contributed by atoms with Gasteiger partial charge in [0.2, 0.25) is 5.88 Å². The fourth-order valence-electron chi connectivity index (χ4n) is 4.09. The van der Waals surface area contributed by atoms with Gasteiger partial charge in [-0.15, -0.1) is 0 Å². The molecule has 2 N–H and O–H groups in total. The van der Waals surface area contributed by atoms with Crippen molar-refractivity contribution in [3.63, 3.8) is 0 Å². The van der Waals surface area contributed by atoms with Crippen molar-refractivity contribution in [3.05, 3.63) is 118 Å². The first kappa shape index (κ1) is 18.6. The minimum absolute atomic E-state index is 0.0636. The van der Waals surface area contributed by atoms with Crippen LogP contribution in [0, 0.1) is 17.1 Å². The summed E-state index contributed by atoms with van der Waals surface area (Å²) < 4.78 is 21.0. The summed E-state index contributed by atoms with van der Waals surface area (Å²) in [6.45, 7) is 0. The summed E-state index contributed by atoms with van der Waals surface area (Å²) >= 11 is 0. The van der Waals surface area contributed by atoms with E-state index in [0.29, 0.717) is 33.5 Å². The van der Waals surface area contributed by atoms with Gasteiger partial charge in [-0.1, -0.05) is 42.5 Å². The van der Waals surface area contributed by atoms with Crippen molar-refractivity contribution in [1.29, 1.82) is 5.26 Å². The van der Waals surface area contributed by atoms with E-state index in [0.717, 1.165) is 0 Å². The molecule has 6 heteroatoms. The number of aromatic nitrogens is 1. The van der Waals surface area contributed by atoms with E-state index in [2.05, 4.69) is 6.07 Å². The van der Waals surface area contributed by atoms with Gasteiger partial charge in [0, 0.05) is 11.1 Å². The van der Waals surface area contributed by atoms with Crippen LogP contribution in [0.2, 0.25) is 0 Å². The molecule has 0 fully saturated rings. The third-order valence-corrected chi connectivity index (χ3v) is 5.46. The molecule has 2 heterocycles. The van der Waals surface area contributed by atoms with Crippen LogP contribution in [0.3, 0.4) is 0 Å². The maximum Gasteiger partial charge on any atom is 0.263 e. The van der Waals surface area contributed by atoms with Crippen molar-refractivity contribution in [2.45, 2.75) is 5.92 Å². The van der Waals surface area contributed by atoms with Crippen LogP contribution in [0.1, 0.15) is 17.0 Å². The van der Waals surface area contributed by atoms with Crippen LogP contribution >= 0.6 is 0 Å². The van der Waals surface area contributed by atoms with Crippen LogP contribution in [0.15, 0.2) is 95.1 Å². The molecule has 0 spiro atoms. The lowest BCUT2D eigenvalue weighted by atomic mass is 9.83. The van der Waals surface area contributed by atoms with Gasteiger partial charge >= 0.3 is 0 Å². The van der Waals surface area contributed by atoms with E-state index in [1.807, 2.05) is 54.6 Å². The van der Waals surface area contributed by atoms with E-state index in [-0.39, 0.29) is 17.0 Å². The molecule has 31 heavy (non-hydrogen) atoms. The van der Waals surface area contributed by atoms with Crippen molar-refractivity contribution < 1.29 is 9.13 Å². The Bertz CT molecular complexity index is 1450. The number of nitrogens with two attached hydrogens (primary N) is 1. The quantitative estimate of drug-likeness (QED) is 0.534. The highest BCUT2D eigenvalue weighted by Gasteiger charge is 2.35. The molecular formula is C25H16FN3O2. The number of nitriles is 1. The second-order valence-corrected chi connectivity index (χ2v) is 7.21. The zero-order valence-electron chi connectivity index (χ0n) is 16.2. The number of benzene rings is 3. The Morgan fingerprint density at radius 1 is 0.968 bits per heavy atom. The van der Waals surface area contributed by atoms with Gasteiger partial charge in [-0.3, -0.25) is 9.36 Å². The molecule has 1 unspecified atom stereocenters. The molecule has 1 atom stereocenters. The number of allylic oxidation sites excluding steroid dienone is 1. The molecule has 150 valence electrons. The minimum Gasteiger partial charge on any atom is -0.439 e. The van der Waals surface area contributed by atoms with E-state index >= 15 is 0 Å². The first-order valence-corrected chi connectivity index (χ1v) is 9.66. The summed E-state index contributed by atoms with van der Waals surface area (Å²) in [5.41, 5.74) is 8.11. The molecule has 5 rings (SSSR count). The second-order valence-electron chi connectivity index (χ2n) is 7.21. The zero-order valence-corrected chi connectivity index (χ0v) is 16.2. The first-order valence-electron chi connectivity index (χ1n) is 9.66. The monoisotopic (exact) mass is 409 g/mol. The topological polar surface area (TPSA) is 81.0 Å². The van der Waals surface area contributed by atoms with Crippen LogP contribution in [-0.2, 0) is 0 Å². The smallest absolute Gasteiger partial charge is 0.263 e. The Labute approximate surface area is 177 Å². The molecule has 0 radical (unpaired) electrons. The summed E-state index contributed by atoms with van der Waals surface area (Å²) in [5, 5.41) is 10.5. The highest BCUT2D eigenvalue weighted by atomic mass is 19.1. The third-order valence-electron chi connectivity index (χ3n) is 5.46. The Hall–Kier alpha value is -4.37. The zero-order chi connectivity index (χ0) is 21.5. The Kier molecular flexibility index (Phi) is 4.30. The van der Waals surface area contributed by atoms with Gasteiger partial charge in [-0.2, -0.15) is 5.26 Å². The minimum atomic E-state index is -0.776. The molecule has 3 aromatic carbocycles. The maximum absolute atomic E-state index is 13.9. The molecule has 0 saturated carbocycles. The number of nitrogens with zero attached hydrogens (tertiary/aromatic N) is 2. The Morgan fingerprint density at radius 2 is 1.65 bits per heavy atom. The average Bonchev–Trinajstić information content (AvgIpc) is 2.80. The van der Waals surface area contributed by atoms with Crippen LogP contribution in [0.4, 0.5) is 4.39 Å². The standard InChI is InChI=1S/C25H16FN3O2/c26-16-12-10-15(11-13-16)21-19(14-27)24(28)31-23-18-8-4-5-9-20(18)29(25(30)22(21)23)17-6-2-1-3-7-17/h1-13,21H,28H2. The number of hydrogen-bond acceptors (Lipinski definition) is 4. The van der Waals surface area contributed by atoms with Gasteiger partial charge in [0.05, 0.1) is 17.0 Å². The van der Waals surface area contributed by atoms with Gasteiger partial charge in [0.25, 0.3) is 5.56 Å². The van der Waals surface area contributed by atoms with Crippen LogP contribution in [-0.4, -0.2) is 4.57 Å². The average molecular weight is 409 g/mol. The molecule has 0 amide bonds. The van der Waals surface area contributed by atoms with Crippen LogP contribution in [0.5, 0.6) is 5.75 Å². The van der Waals surface area contributed by atoms with Crippen LogP contribution < -0.4 is 16.0 Å². The molecule has 0 saturated heterocycles. The Balaban J connectivity index is 1.92. The lowest BCUT2D eigenvalue weighted by Gasteiger charge is -2.28. The molecule has 1 aromatic heterocycles. The number of fused-ring (bicyclic) bond motifs is 3. The van der Waals surface area contributed by atoms with Gasteiger partial charge < -0.3 is 10.5 Å². The number of pyridine rings is 1. The molecule has 1 aliphatic rings. The van der Waals surface area contributed by atoms with E-state index in [1.54, 1.807) is 16.7 Å². The van der Waals surface area contributed by atoms with Crippen molar-refractivity contribution >= 4 is 10.9 Å². The van der Waals surface area contributed by atoms with Gasteiger partial charge in [-0.05, 0) is 42.0 Å². The highest BCUT2D eigenvalue weighted by Crippen LogP contribution is 2.43. The number of hydrogen-bond donors (Lipinski definition) is 1. The molecule has 0 aliphatic carbocycles.